The molecule has 1 amide bonds. The highest BCUT2D eigenvalue weighted by Crippen LogP contribution is 2.25. The number of hydrogen-bond acceptors (Lipinski definition) is 7. The van der Waals surface area contributed by atoms with Crippen molar-refractivity contribution in [3.8, 4) is 0 Å². The van der Waals surface area contributed by atoms with Crippen molar-refractivity contribution < 1.29 is 4.79 Å². The van der Waals surface area contributed by atoms with Gasteiger partial charge in [-0.25, -0.2) is 4.98 Å². The van der Waals surface area contributed by atoms with Gasteiger partial charge >= 0.3 is 0 Å². The number of carbonyl (C=O) groups is 1. The molecular weight excluding hydrogens is 382 g/mol. The molecule has 0 saturated carbocycles. The van der Waals surface area contributed by atoms with Crippen molar-refractivity contribution >= 4 is 38.7 Å². The summed E-state index contributed by atoms with van der Waals surface area (Å²) in [6.45, 7) is 5.58. The summed E-state index contributed by atoms with van der Waals surface area (Å²) in [7, 11) is 0. The zero-order valence-electron chi connectivity index (χ0n) is 15.3. The minimum Gasteiger partial charge on any atom is -0.348 e. The summed E-state index contributed by atoms with van der Waals surface area (Å²) in [5.41, 5.74) is 0.660. The lowest BCUT2D eigenvalue weighted by Crippen LogP contribution is -2.44. The third-order valence-corrected chi connectivity index (χ3v) is 6.68. The molecule has 1 aliphatic rings. The molecule has 3 aromatic rings. The largest absolute Gasteiger partial charge is 0.348 e. The zero-order chi connectivity index (χ0) is 19.0. The number of amides is 1. The third kappa shape index (κ3) is 3.74. The Kier molecular flexibility index (Phi) is 4.96. The lowest BCUT2D eigenvalue weighted by molar-refractivity contribution is 0.0935. The maximum absolute atomic E-state index is 12.3. The minimum absolute atomic E-state index is 0.00869. The number of piperidine rings is 1. The number of aryl methyl sites for hydroxylation is 2. The number of aromatic nitrogens is 3. The molecule has 1 aliphatic heterocycles. The van der Waals surface area contributed by atoms with E-state index >= 15 is 0 Å². The molecule has 0 aliphatic carbocycles. The van der Waals surface area contributed by atoms with E-state index in [0.717, 1.165) is 52.9 Å². The second-order valence-corrected chi connectivity index (χ2v) is 8.89. The molecule has 1 N–H and O–H groups in total. The van der Waals surface area contributed by atoms with Crippen LogP contribution in [-0.4, -0.2) is 39.6 Å². The Morgan fingerprint density at radius 3 is 2.74 bits per heavy atom. The first-order valence-electron chi connectivity index (χ1n) is 9.05. The van der Waals surface area contributed by atoms with Crippen molar-refractivity contribution in [2.75, 3.05) is 18.0 Å². The van der Waals surface area contributed by atoms with Crippen molar-refractivity contribution in [2.45, 2.75) is 39.2 Å². The van der Waals surface area contributed by atoms with Gasteiger partial charge in [0.05, 0.1) is 4.88 Å². The average Bonchev–Trinajstić information content (AvgIpc) is 3.29. The van der Waals surface area contributed by atoms with Crippen LogP contribution in [0, 0.1) is 6.92 Å². The standard InChI is InChI=1S/C18H21N5O2S2/c1-3-12-10-15(24)23-17(20-12)27-18(21-23)22-8-6-13(7-9-22)19-16(25)14-5-4-11(2)26-14/h4-5,10,13H,3,6-9H2,1-2H3,(H,19,25). The predicted molar refractivity (Wildman–Crippen MR) is 108 cm³/mol. The number of anilines is 1. The summed E-state index contributed by atoms with van der Waals surface area (Å²) >= 11 is 2.96. The number of carbonyl (C=O) groups excluding carboxylic acids is 1. The van der Waals surface area contributed by atoms with Gasteiger partial charge in [0.25, 0.3) is 11.5 Å². The zero-order valence-corrected chi connectivity index (χ0v) is 16.9. The van der Waals surface area contributed by atoms with Crippen molar-refractivity contribution in [1.29, 1.82) is 0 Å². The van der Waals surface area contributed by atoms with Gasteiger partial charge in [-0.3, -0.25) is 9.59 Å². The molecule has 1 fully saturated rings. The van der Waals surface area contributed by atoms with E-state index in [2.05, 4.69) is 20.3 Å². The topological polar surface area (TPSA) is 79.6 Å². The third-order valence-electron chi connectivity index (χ3n) is 4.71. The monoisotopic (exact) mass is 403 g/mol. The molecule has 0 unspecified atom stereocenters. The Balaban J connectivity index is 1.42. The normalized spacial score (nSPS) is 15.4. The van der Waals surface area contributed by atoms with Crippen molar-refractivity contribution in [3.05, 3.63) is 44.0 Å². The summed E-state index contributed by atoms with van der Waals surface area (Å²) in [5.74, 6) is 0.00869. The SMILES string of the molecule is CCc1cc(=O)n2nc(N3CCC(NC(=O)c4ccc(C)s4)CC3)sc2n1. The van der Waals surface area contributed by atoms with E-state index in [1.807, 2.05) is 26.0 Å². The number of fused-ring (bicyclic) bond motifs is 1. The van der Waals surface area contributed by atoms with Gasteiger partial charge in [0.2, 0.25) is 10.1 Å². The van der Waals surface area contributed by atoms with Crippen molar-refractivity contribution in [2.24, 2.45) is 0 Å². The lowest BCUT2D eigenvalue weighted by Gasteiger charge is -2.31. The molecule has 1 saturated heterocycles. The summed E-state index contributed by atoms with van der Waals surface area (Å²) in [6.07, 6.45) is 2.44. The van der Waals surface area contributed by atoms with Gasteiger partial charge in [0, 0.05) is 35.8 Å². The number of hydrogen-bond donors (Lipinski definition) is 1. The number of nitrogens with one attached hydrogen (secondary N) is 1. The van der Waals surface area contributed by atoms with Gasteiger partial charge in [-0.2, -0.15) is 4.52 Å². The summed E-state index contributed by atoms with van der Waals surface area (Å²) in [6, 6.07) is 5.55. The Morgan fingerprint density at radius 1 is 1.30 bits per heavy atom. The van der Waals surface area contributed by atoms with Gasteiger partial charge < -0.3 is 10.2 Å². The van der Waals surface area contributed by atoms with Crippen LogP contribution >= 0.6 is 22.7 Å². The quantitative estimate of drug-likeness (QED) is 0.724. The van der Waals surface area contributed by atoms with Crippen LogP contribution in [0.1, 0.15) is 40.0 Å². The van der Waals surface area contributed by atoms with Crippen LogP contribution in [0.5, 0.6) is 0 Å². The van der Waals surface area contributed by atoms with Crippen LogP contribution in [-0.2, 0) is 6.42 Å². The predicted octanol–water partition coefficient (Wildman–Crippen LogP) is 2.48. The highest BCUT2D eigenvalue weighted by atomic mass is 32.1. The van der Waals surface area contributed by atoms with E-state index in [9.17, 15) is 9.59 Å². The first-order chi connectivity index (χ1) is 13.0. The molecule has 142 valence electrons. The van der Waals surface area contributed by atoms with Gasteiger partial charge in [0.1, 0.15) is 0 Å². The number of nitrogens with zero attached hydrogens (tertiary/aromatic N) is 4. The molecule has 0 bridgehead atoms. The van der Waals surface area contributed by atoms with Crippen LogP contribution in [0.4, 0.5) is 5.13 Å². The molecule has 9 heteroatoms. The molecule has 4 rings (SSSR count). The van der Waals surface area contributed by atoms with Gasteiger partial charge in [-0.1, -0.05) is 18.3 Å². The number of thiophene rings is 1. The fourth-order valence-electron chi connectivity index (χ4n) is 3.18. The van der Waals surface area contributed by atoms with Crippen LogP contribution in [0.25, 0.3) is 4.96 Å². The molecule has 0 radical (unpaired) electrons. The molecule has 7 nitrogen and oxygen atoms in total. The van der Waals surface area contributed by atoms with Crippen molar-refractivity contribution in [1.82, 2.24) is 19.9 Å². The summed E-state index contributed by atoms with van der Waals surface area (Å²) < 4.78 is 1.38. The Morgan fingerprint density at radius 2 is 2.07 bits per heavy atom. The molecule has 0 atom stereocenters. The smallest absolute Gasteiger partial charge is 0.275 e. The van der Waals surface area contributed by atoms with E-state index in [1.54, 1.807) is 6.07 Å². The van der Waals surface area contributed by atoms with Crippen LogP contribution in [0.2, 0.25) is 0 Å². The molecule has 4 heterocycles. The van der Waals surface area contributed by atoms with Crippen LogP contribution < -0.4 is 15.8 Å². The maximum atomic E-state index is 12.3. The molecule has 0 aromatic carbocycles. The Bertz CT molecular complexity index is 1030. The Hall–Kier alpha value is -2.26. The fourth-order valence-corrected chi connectivity index (χ4v) is 4.93. The summed E-state index contributed by atoms with van der Waals surface area (Å²) in [4.78, 5) is 33.7. The first-order valence-corrected chi connectivity index (χ1v) is 10.7. The highest BCUT2D eigenvalue weighted by Gasteiger charge is 2.24. The lowest BCUT2D eigenvalue weighted by atomic mass is 10.1. The minimum atomic E-state index is -0.132. The molecule has 0 spiro atoms. The van der Waals surface area contributed by atoms with Gasteiger partial charge in [0.15, 0.2) is 0 Å². The molecular formula is C18H21N5O2S2. The summed E-state index contributed by atoms with van der Waals surface area (Å²) in [5, 5.41) is 8.39. The van der Waals surface area contributed by atoms with Crippen LogP contribution in [0.15, 0.2) is 23.0 Å². The van der Waals surface area contributed by atoms with E-state index < -0.39 is 0 Å². The van der Waals surface area contributed by atoms with Crippen LogP contribution in [0.3, 0.4) is 0 Å². The first kappa shape index (κ1) is 18.1. The second-order valence-electron chi connectivity index (χ2n) is 6.66. The van der Waals surface area contributed by atoms with E-state index in [-0.39, 0.29) is 17.5 Å². The second kappa shape index (κ2) is 7.40. The number of rotatable bonds is 4. The van der Waals surface area contributed by atoms with E-state index in [1.165, 1.54) is 27.2 Å². The molecule has 3 aromatic heterocycles. The Labute approximate surface area is 164 Å². The average molecular weight is 404 g/mol. The van der Waals surface area contributed by atoms with Gasteiger partial charge in [-0.05, 0) is 38.3 Å². The van der Waals surface area contributed by atoms with E-state index in [4.69, 9.17) is 0 Å². The fraction of sp³-hybridized carbons (Fsp3) is 0.444. The van der Waals surface area contributed by atoms with Gasteiger partial charge in [-0.15, -0.1) is 16.4 Å². The maximum Gasteiger partial charge on any atom is 0.275 e. The van der Waals surface area contributed by atoms with E-state index in [0.29, 0.717) is 4.96 Å². The molecule has 27 heavy (non-hydrogen) atoms. The van der Waals surface area contributed by atoms with Crippen molar-refractivity contribution in [3.63, 3.8) is 0 Å². The highest BCUT2D eigenvalue weighted by molar-refractivity contribution is 7.20.